The summed E-state index contributed by atoms with van der Waals surface area (Å²) in [4.78, 5) is 29.3. The van der Waals surface area contributed by atoms with E-state index in [-0.39, 0.29) is 18.6 Å². The van der Waals surface area contributed by atoms with Gasteiger partial charge in [-0.15, -0.1) is 0 Å². The first kappa shape index (κ1) is 23.0. The van der Waals surface area contributed by atoms with Crippen molar-refractivity contribution in [2.24, 2.45) is 0 Å². The molecule has 1 aliphatic rings. The number of ether oxygens (including phenoxy) is 4. The molecule has 0 N–H and O–H groups in total. The number of nitrogens with zero attached hydrogens (tertiary/aromatic N) is 2. The lowest BCUT2D eigenvalue weighted by Gasteiger charge is -2.16. The van der Waals surface area contributed by atoms with Gasteiger partial charge < -0.3 is 23.7 Å². The molecular weight excluding hydrogens is 412 g/mol. The first-order valence-corrected chi connectivity index (χ1v) is 10.2. The molecule has 8 heteroatoms. The number of hydrogen-bond donors (Lipinski definition) is 0. The van der Waals surface area contributed by atoms with E-state index in [0.717, 1.165) is 0 Å². The Balaban J connectivity index is 0.00000141. The number of carbonyl (C=O) groups excluding carboxylic acids is 1. The molecule has 3 heterocycles. The monoisotopic (exact) mass is 438 g/mol. The molecule has 1 fully saturated rings. The number of aromatic nitrogens is 2. The van der Waals surface area contributed by atoms with Crippen molar-refractivity contribution in [1.29, 1.82) is 0 Å². The summed E-state index contributed by atoms with van der Waals surface area (Å²) in [5.74, 6) is 1.50. The zero-order valence-electron chi connectivity index (χ0n) is 18.6. The number of carbonyl (C=O) groups is 1. The average Bonchev–Trinajstić information content (AvgIpc) is 3.35. The van der Waals surface area contributed by atoms with E-state index in [2.05, 4.69) is 11.6 Å². The van der Waals surface area contributed by atoms with Crippen LogP contribution in [-0.2, 0) is 20.7 Å². The Kier molecular flexibility index (Phi) is 7.27. The third kappa shape index (κ3) is 3.97. The quantitative estimate of drug-likeness (QED) is 0.429. The van der Waals surface area contributed by atoms with Crippen molar-refractivity contribution in [3.05, 3.63) is 57.8 Å². The summed E-state index contributed by atoms with van der Waals surface area (Å²) in [5.41, 5.74) is 2.40. The summed E-state index contributed by atoms with van der Waals surface area (Å²) in [6, 6.07) is 3.33. The molecule has 1 saturated heterocycles. The molecule has 0 spiro atoms. The van der Waals surface area contributed by atoms with Crippen LogP contribution in [0.1, 0.15) is 30.7 Å². The van der Waals surface area contributed by atoms with Crippen LogP contribution >= 0.6 is 0 Å². The number of methoxy groups -OCH3 is 2. The number of aldehydes is 1. The van der Waals surface area contributed by atoms with E-state index >= 15 is 0 Å². The fourth-order valence-electron chi connectivity index (χ4n) is 3.63. The second-order valence-electron chi connectivity index (χ2n) is 6.59. The van der Waals surface area contributed by atoms with Crippen LogP contribution < -0.4 is 14.9 Å². The van der Waals surface area contributed by atoms with Crippen molar-refractivity contribution < 1.29 is 23.7 Å². The van der Waals surface area contributed by atoms with Crippen molar-refractivity contribution in [2.45, 2.75) is 20.3 Å². The maximum absolute atomic E-state index is 13.4. The van der Waals surface area contributed by atoms with Gasteiger partial charge in [-0.05, 0) is 18.2 Å². The molecular formula is C24H26N2O6. The Hall–Kier alpha value is -3.65. The maximum atomic E-state index is 13.4. The second kappa shape index (κ2) is 10.1. The molecule has 0 radical (unpaired) electrons. The Labute approximate surface area is 185 Å². The fourth-order valence-corrected chi connectivity index (χ4v) is 3.63. The predicted octanol–water partition coefficient (Wildman–Crippen LogP) is 3.62. The summed E-state index contributed by atoms with van der Waals surface area (Å²) >= 11 is 0. The number of hydrogen-bond acceptors (Lipinski definition) is 7. The van der Waals surface area contributed by atoms with Crippen LogP contribution in [-0.4, -0.2) is 43.3 Å². The molecule has 0 amide bonds. The summed E-state index contributed by atoms with van der Waals surface area (Å²) in [6.45, 7) is 8.30. The van der Waals surface area contributed by atoms with Gasteiger partial charge >= 0.3 is 0 Å². The van der Waals surface area contributed by atoms with Crippen LogP contribution in [0.5, 0.6) is 11.5 Å². The zero-order chi connectivity index (χ0) is 23.3. The second-order valence-corrected chi connectivity index (χ2v) is 6.59. The molecule has 1 aromatic carbocycles. The summed E-state index contributed by atoms with van der Waals surface area (Å²) in [5, 5.41) is 0.397. The Morgan fingerprint density at radius 1 is 1.22 bits per heavy atom. The minimum absolute atomic E-state index is 0.0548. The molecule has 0 saturated carbocycles. The molecule has 0 bridgehead atoms. The van der Waals surface area contributed by atoms with E-state index in [0.29, 0.717) is 63.4 Å². The highest BCUT2D eigenvalue weighted by molar-refractivity contribution is 5.91. The lowest BCUT2D eigenvalue weighted by molar-refractivity contribution is -0.107. The molecule has 32 heavy (non-hydrogen) atoms. The Bertz CT molecular complexity index is 1250. The summed E-state index contributed by atoms with van der Waals surface area (Å²) in [6.07, 6.45) is 5.62. The molecule has 8 nitrogen and oxygen atoms in total. The molecule has 0 atom stereocenters. The first-order chi connectivity index (χ1) is 15.6. The zero-order valence-corrected chi connectivity index (χ0v) is 18.6. The largest absolute Gasteiger partial charge is 0.493 e. The average molecular weight is 438 g/mol. The lowest BCUT2D eigenvalue weighted by atomic mass is 10.0. The van der Waals surface area contributed by atoms with Gasteiger partial charge in [0, 0.05) is 23.6 Å². The maximum Gasteiger partial charge on any atom is 0.193 e. The van der Waals surface area contributed by atoms with Gasteiger partial charge in [-0.3, -0.25) is 9.20 Å². The number of pyridine rings is 1. The van der Waals surface area contributed by atoms with Crippen LogP contribution in [0.4, 0.5) is 0 Å². The highest BCUT2D eigenvalue weighted by Crippen LogP contribution is 2.33. The van der Waals surface area contributed by atoms with Gasteiger partial charge in [-0.25, -0.2) is 4.98 Å². The van der Waals surface area contributed by atoms with Crippen LogP contribution in [0.25, 0.3) is 28.6 Å². The molecule has 4 rings (SSSR count). The molecule has 168 valence electrons. The summed E-state index contributed by atoms with van der Waals surface area (Å²) < 4.78 is 23.3. The molecule has 3 aromatic rings. The summed E-state index contributed by atoms with van der Waals surface area (Å²) in [7, 11) is 3.03. The Morgan fingerprint density at radius 3 is 2.53 bits per heavy atom. The molecule has 0 unspecified atom stereocenters. The minimum atomic E-state index is -0.262. The van der Waals surface area contributed by atoms with Crippen molar-refractivity contribution in [1.82, 2.24) is 9.38 Å². The third-order valence-electron chi connectivity index (χ3n) is 5.01. The van der Waals surface area contributed by atoms with Gasteiger partial charge in [0.1, 0.15) is 25.0 Å². The van der Waals surface area contributed by atoms with Gasteiger partial charge in [0.25, 0.3) is 0 Å². The van der Waals surface area contributed by atoms with Gasteiger partial charge in [0.15, 0.2) is 23.7 Å². The van der Waals surface area contributed by atoms with E-state index in [1.807, 2.05) is 13.8 Å². The van der Waals surface area contributed by atoms with Crippen molar-refractivity contribution >= 4 is 34.9 Å². The van der Waals surface area contributed by atoms with Gasteiger partial charge in [-0.2, -0.15) is 0 Å². The van der Waals surface area contributed by atoms with Gasteiger partial charge in [0.2, 0.25) is 0 Å². The molecule has 2 aromatic heterocycles. The van der Waals surface area contributed by atoms with E-state index < -0.39 is 0 Å². The normalized spacial score (nSPS) is 14.1. The van der Waals surface area contributed by atoms with E-state index in [4.69, 9.17) is 18.9 Å². The fraction of sp³-hybridized carbons (Fsp3) is 0.292. The SMILES string of the molecule is C=Cc1ncn2c(c1/C=C1\COCO1)c(CC=O)c(=O)c1cc(OC)c(OC)cc12.CC. The van der Waals surface area contributed by atoms with Crippen molar-refractivity contribution in [3.8, 4) is 11.5 Å². The lowest BCUT2D eigenvalue weighted by Crippen LogP contribution is -2.16. The standard InChI is InChI=1S/C22H20N2O6.C2H6/c1-4-17-15(7-13-10-29-12-30-13)21-14(5-6-25)22(26)16-8-19(27-2)20(28-3)9-18(16)24(21)11-23-17;1-2/h4,6-9,11H,1,5,10,12H2,2-3H3;1-2H3/b13-7+;. The van der Waals surface area contributed by atoms with Crippen molar-refractivity contribution in [3.63, 3.8) is 0 Å². The highest BCUT2D eigenvalue weighted by Gasteiger charge is 2.20. The van der Waals surface area contributed by atoms with E-state index in [1.165, 1.54) is 14.2 Å². The third-order valence-corrected chi connectivity index (χ3v) is 5.01. The highest BCUT2D eigenvalue weighted by atomic mass is 16.7. The van der Waals surface area contributed by atoms with Crippen LogP contribution in [0, 0.1) is 0 Å². The van der Waals surface area contributed by atoms with Crippen LogP contribution in [0.15, 0.2) is 35.6 Å². The van der Waals surface area contributed by atoms with Gasteiger partial charge in [0.05, 0.1) is 36.3 Å². The van der Waals surface area contributed by atoms with Crippen molar-refractivity contribution in [2.75, 3.05) is 27.6 Å². The molecule has 1 aliphatic heterocycles. The van der Waals surface area contributed by atoms with Crippen LogP contribution in [0.3, 0.4) is 0 Å². The van der Waals surface area contributed by atoms with Gasteiger partial charge in [-0.1, -0.05) is 20.4 Å². The van der Waals surface area contributed by atoms with Crippen LogP contribution in [0.2, 0.25) is 0 Å². The Morgan fingerprint density at radius 2 is 1.94 bits per heavy atom. The van der Waals surface area contributed by atoms with E-state index in [9.17, 15) is 9.59 Å². The number of benzene rings is 1. The number of rotatable bonds is 6. The minimum Gasteiger partial charge on any atom is -0.493 e. The number of fused-ring (bicyclic) bond motifs is 3. The van der Waals surface area contributed by atoms with E-state index in [1.54, 1.807) is 35.0 Å². The predicted molar refractivity (Wildman–Crippen MR) is 123 cm³/mol. The molecule has 0 aliphatic carbocycles. The first-order valence-electron chi connectivity index (χ1n) is 10.2. The smallest absolute Gasteiger partial charge is 0.193 e. The topological polar surface area (TPSA) is 88.4 Å².